The van der Waals surface area contributed by atoms with Crippen LogP contribution in [0.15, 0.2) is 121 Å². The van der Waals surface area contributed by atoms with Crippen molar-refractivity contribution in [1.29, 1.82) is 0 Å². The zero-order valence-electron chi connectivity index (χ0n) is 15.4. The summed E-state index contributed by atoms with van der Waals surface area (Å²) in [6, 6.07) is 43.6. The van der Waals surface area contributed by atoms with E-state index >= 15 is 0 Å². The van der Waals surface area contributed by atoms with Gasteiger partial charge in [-0.2, -0.15) is 0 Å². The second kappa shape index (κ2) is 10.0. The van der Waals surface area contributed by atoms with Crippen molar-refractivity contribution in [2.75, 3.05) is 0 Å². The van der Waals surface area contributed by atoms with Crippen molar-refractivity contribution in [1.82, 2.24) is 0 Å². The van der Waals surface area contributed by atoms with Crippen molar-refractivity contribution < 1.29 is 0 Å². The van der Waals surface area contributed by atoms with Crippen LogP contribution in [-0.4, -0.2) is 40.4 Å². The molecule has 4 aromatic carbocycles. The van der Waals surface area contributed by atoms with E-state index in [9.17, 15) is 0 Å². The molecule has 0 radical (unpaired) electrons. The van der Waals surface area contributed by atoms with Crippen molar-refractivity contribution in [3.05, 3.63) is 121 Å². The van der Waals surface area contributed by atoms with Gasteiger partial charge in [0.2, 0.25) is 0 Å². The van der Waals surface area contributed by atoms with Gasteiger partial charge in [-0.15, -0.1) is 0 Å². The van der Waals surface area contributed by atoms with Crippen LogP contribution in [0.4, 0.5) is 0 Å². The molecule has 0 atom stereocenters. The third-order valence-electron chi connectivity index (χ3n) is 4.33. The normalized spacial score (nSPS) is 10.5. The van der Waals surface area contributed by atoms with Crippen molar-refractivity contribution >= 4 is 54.5 Å². The Bertz CT molecular complexity index is 884. The summed E-state index contributed by atoms with van der Waals surface area (Å²) in [6.45, 7) is 0. The van der Waals surface area contributed by atoms with Gasteiger partial charge >= 0.3 is 184 Å². The molecular weight excluding hydrogens is 556 g/mol. The molecule has 0 fully saturated rings. The maximum absolute atomic E-state index is 3.86. The van der Waals surface area contributed by atoms with Crippen LogP contribution in [-0.2, 0) is 0 Å². The Balaban J connectivity index is 1.78. The van der Waals surface area contributed by atoms with Gasteiger partial charge in [0, 0.05) is 0 Å². The molecule has 0 heterocycles. The fourth-order valence-corrected chi connectivity index (χ4v) is 15.9. The summed E-state index contributed by atoms with van der Waals surface area (Å²) in [7, 11) is 0. The third kappa shape index (κ3) is 4.91. The van der Waals surface area contributed by atoms with Gasteiger partial charge in [-0.25, -0.2) is 0 Å². The molecule has 0 saturated heterocycles. The number of rotatable bonds is 4. The quantitative estimate of drug-likeness (QED) is 0.259. The van der Waals surface area contributed by atoms with Crippen molar-refractivity contribution in [2.24, 2.45) is 0 Å². The Hall–Kier alpha value is -1.92. The number of hydrogen-bond acceptors (Lipinski definition) is 0. The average molecular weight is 576 g/mol. The van der Waals surface area contributed by atoms with Crippen LogP contribution in [0, 0.1) is 7.73 Å². The van der Waals surface area contributed by atoms with E-state index in [1.165, 1.54) is 14.0 Å². The Labute approximate surface area is 182 Å². The molecule has 134 valence electrons. The molecule has 0 aromatic heterocycles. The zero-order chi connectivity index (χ0) is 19.0. The molecular formula is C26H20Sb2. The van der Waals surface area contributed by atoms with E-state index in [0.717, 1.165) is 0 Å². The monoisotopic (exact) mass is 574 g/mol. The predicted molar refractivity (Wildman–Crippen MR) is 124 cm³/mol. The average Bonchev–Trinajstić information content (AvgIpc) is 2.79. The van der Waals surface area contributed by atoms with Crippen LogP contribution in [0.2, 0.25) is 0 Å². The van der Waals surface area contributed by atoms with Crippen LogP contribution >= 0.6 is 0 Å². The van der Waals surface area contributed by atoms with Crippen LogP contribution in [0.5, 0.6) is 0 Å². The Morgan fingerprint density at radius 3 is 0.750 bits per heavy atom. The molecule has 0 aliphatic rings. The first-order chi connectivity index (χ1) is 13.9. The van der Waals surface area contributed by atoms with Crippen molar-refractivity contribution in [3.63, 3.8) is 0 Å². The first-order valence-electron chi connectivity index (χ1n) is 9.23. The standard InChI is InChI=1S/4C6H5.C2.2Sb/c4*1-2-4-6-5-3-1;1-2;;/h4*1-5H;;;. The number of hydrogen-bond donors (Lipinski definition) is 0. The van der Waals surface area contributed by atoms with E-state index in [2.05, 4.69) is 129 Å². The second-order valence-electron chi connectivity index (χ2n) is 6.24. The molecule has 4 rings (SSSR count). The van der Waals surface area contributed by atoms with E-state index in [4.69, 9.17) is 0 Å². The maximum atomic E-state index is 3.86. The summed E-state index contributed by atoms with van der Waals surface area (Å²) in [5, 5.41) is 0. The van der Waals surface area contributed by atoms with Crippen LogP contribution in [0.1, 0.15) is 0 Å². The molecule has 4 aromatic rings. The summed E-state index contributed by atoms with van der Waals surface area (Å²) in [5.74, 6) is 0. The van der Waals surface area contributed by atoms with E-state index < -0.39 is 40.4 Å². The summed E-state index contributed by atoms with van der Waals surface area (Å²) in [6.07, 6.45) is 0. The van der Waals surface area contributed by atoms with Gasteiger partial charge in [0.25, 0.3) is 0 Å². The van der Waals surface area contributed by atoms with E-state index in [1.807, 2.05) is 0 Å². The molecule has 0 spiro atoms. The molecule has 0 bridgehead atoms. The minimum atomic E-state index is -2.10. The second-order valence-corrected chi connectivity index (χ2v) is 17.2. The molecule has 0 saturated carbocycles. The van der Waals surface area contributed by atoms with Crippen molar-refractivity contribution in [3.8, 4) is 7.73 Å². The molecule has 28 heavy (non-hydrogen) atoms. The van der Waals surface area contributed by atoms with Gasteiger partial charge in [-0.1, -0.05) is 0 Å². The SMILES string of the molecule is [C](#[C][Sb]([c]1ccccc1)[c]1ccccc1)[Sb]([c]1ccccc1)[c]1ccccc1. The minimum absolute atomic E-state index is 1.44. The molecule has 0 aliphatic carbocycles. The third-order valence-corrected chi connectivity index (χ3v) is 17.1. The molecule has 0 aliphatic heterocycles. The molecule has 0 unspecified atom stereocenters. The Kier molecular flexibility index (Phi) is 6.95. The van der Waals surface area contributed by atoms with Crippen LogP contribution in [0.3, 0.4) is 0 Å². The van der Waals surface area contributed by atoms with Crippen LogP contribution < -0.4 is 14.0 Å². The van der Waals surface area contributed by atoms with Crippen LogP contribution in [0.25, 0.3) is 0 Å². The summed E-state index contributed by atoms with van der Waals surface area (Å²) < 4.78 is 13.5. The fraction of sp³-hybridized carbons (Fsp3) is 0. The van der Waals surface area contributed by atoms with E-state index in [-0.39, 0.29) is 0 Å². The summed E-state index contributed by atoms with van der Waals surface area (Å²) in [5.41, 5.74) is 0. The Morgan fingerprint density at radius 1 is 0.321 bits per heavy atom. The Morgan fingerprint density at radius 2 is 0.536 bits per heavy atom. The van der Waals surface area contributed by atoms with Gasteiger partial charge in [0.05, 0.1) is 0 Å². The zero-order valence-corrected chi connectivity index (χ0v) is 20.5. The first kappa shape index (κ1) is 19.4. The number of benzene rings is 4. The van der Waals surface area contributed by atoms with E-state index in [0.29, 0.717) is 0 Å². The van der Waals surface area contributed by atoms with Gasteiger partial charge < -0.3 is 0 Å². The molecule has 2 heteroatoms. The molecule has 0 nitrogen and oxygen atoms in total. The molecule has 0 N–H and O–H groups in total. The first-order valence-corrected chi connectivity index (χ1v) is 16.9. The van der Waals surface area contributed by atoms with Crippen molar-refractivity contribution in [2.45, 2.75) is 0 Å². The topological polar surface area (TPSA) is 0 Å². The molecule has 0 amide bonds. The van der Waals surface area contributed by atoms with Gasteiger partial charge in [0.1, 0.15) is 0 Å². The van der Waals surface area contributed by atoms with Gasteiger partial charge in [-0.05, 0) is 0 Å². The van der Waals surface area contributed by atoms with E-state index in [1.54, 1.807) is 0 Å². The van der Waals surface area contributed by atoms with Gasteiger partial charge in [-0.3, -0.25) is 0 Å². The predicted octanol–water partition coefficient (Wildman–Crippen LogP) is 2.69. The summed E-state index contributed by atoms with van der Waals surface area (Å²) in [4.78, 5) is 0. The van der Waals surface area contributed by atoms with Gasteiger partial charge in [0.15, 0.2) is 0 Å². The summed E-state index contributed by atoms with van der Waals surface area (Å²) >= 11 is -4.21. The fourth-order valence-electron chi connectivity index (χ4n) is 2.96.